The van der Waals surface area contributed by atoms with Crippen LogP contribution in [0.4, 0.5) is 0 Å². The highest BCUT2D eigenvalue weighted by molar-refractivity contribution is 6.30. The van der Waals surface area contributed by atoms with Crippen LogP contribution in [0, 0.1) is 5.92 Å². The van der Waals surface area contributed by atoms with E-state index >= 15 is 0 Å². The molecule has 0 radical (unpaired) electrons. The van der Waals surface area contributed by atoms with Gasteiger partial charge in [0.25, 0.3) is 0 Å². The summed E-state index contributed by atoms with van der Waals surface area (Å²) in [5.41, 5.74) is 1.04. The van der Waals surface area contributed by atoms with Crippen molar-refractivity contribution in [1.29, 1.82) is 0 Å². The predicted molar refractivity (Wildman–Crippen MR) is 87.8 cm³/mol. The molecule has 2 rings (SSSR count). The summed E-state index contributed by atoms with van der Waals surface area (Å²) in [5, 5.41) is 6.46. The van der Waals surface area contributed by atoms with Crippen molar-refractivity contribution in [3.8, 4) is 0 Å². The van der Waals surface area contributed by atoms with Crippen molar-refractivity contribution >= 4 is 23.4 Å². The van der Waals surface area contributed by atoms with Crippen LogP contribution < -0.4 is 10.6 Å². The quantitative estimate of drug-likeness (QED) is 0.723. The monoisotopic (exact) mass is 322 g/mol. The smallest absolute Gasteiger partial charge is 0.227 e. The van der Waals surface area contributed by atoms with E-state index < -0.39 is 0 Å². The van der Waals surface area contributed by atoms with Gasteiger partial charge in [-0.2, -0.15) is 0 Å². The largest absolute Gasteiger partial charge is 0.356 e. The molecule has 1 aliphatic carbocycles. The van der Waals surface area contributed by atoms with E-state index in [9.17, 15) is 9.59 Å². The molecular weight excluding hydrogens is 300 g/mol. The summed E-state index contributed by atoms with van der Waals surface area (Å²) in [6.07, 6.45) is 3.96. The Morgan fingerprint density at radius 1 is 1.14 bits per heavy atom. The van der Waals surface area contributed by atoms with Gasteiger partial charge >= 0.3 is 0 Å². The molecule has 2 amide bonds. The number of rotatable bonds is 8. The van der Waals surface area contributed by atoms with E-state index in [-0.39, 0.29) is 17.7 Å². The zero-order valence-corrected chi connectivity index (χ0v) is 13.7. The topological polar surface area (TPSA) is 58.2 Å². The zero-order valence-electron chi connectivity index (χ0n) is 12.9. The van der Waals surface area contributed by atoms with E-state index in [4.69, 9.17) is 11.6 Å². The molecule has 1 aliphatic rings. The van der Waals surface area contributed by atoms with Crippen LogP contribution in [-0.4, -0.2) is 24.9 Å². The second-order valence-corrected chi connectivity index (χ2v) is 6.28. The van der Waals surface area contributed by atoms with Gasteiger partial charge in [0.15, 0.2) is 0 Å². The molecule has 22 heavy (non-hydrogen) atoms. The van der Waals surface area contributed by atoms with Gasteiger partial charge in [0.2, 0.25) is 11.8 Å². The van der Waals surface area contributed by atoms with Crippen LogP contribution >= 0.6 is 11.6 Å². The second kappa shape index (κ2) is 8.18. The van der Waals surface area contributed by atoms with Gasteiger partial charge in [0, 0.05) is 25.0 Å². The maximum absolute atomic E-state index is 12.4. The lowest BCUT2D eigenvalue weighted by Gasteiger charge is -2.17. The van der Waals surface area contributed by atoms with Gasteiger partial charge in [-0.25, -0.2) is 0 Å². The van der Waals surface area contributed by atoms with Crippen molar-refractivity contribution in [2.75, 3.05) is 13.1 Å². The minimum absolute atomic E-state index is 0.0134. The molecule has 1 aromatic rings. The molecule has 1 fully saturated rings. The number of benzene rings is 1. The Labute approximate surface area is 136 Å². The number of carbonyl (C=O) groups excluding carboxylic acids is 2. The molecule has 0 spiro atoms. The number of unbranched alkanes of at least 4 members (excludes halogenated alkanes) is 1. The van der Waals surface area contributed by atoms with Crippen LogP contribution in [0.25, 0.3) is 0 Å². The Hall–Kier alpha value is -1.55. The number of carbonyl (C=O) groups is 2. The normalized spacial score (nSPS) is 15.2. The summed E-state index contributed by atoms with van der Waals surface area (Å²) in [6, 6.07) is 7.57. The molecule has 120 valence electrons. The number of hydrogen-bond donors (Lipinski definition) is 2. The number of amides is 2. The minimum Gasteiger partial charge on any atom is -0.356 e. The molecule has 1 saturated carbocycles. The third kappa shape index (κ3) is 5.34. The molecule has 1 aromatic carbocycles. The Morgan fingerprint density at radius 2 is 1.73 bits per heavy atom. The van der Waals surface area contributed by atoms with E-state index in [2.05, 4.69) is 10.6 Å². The summed E-state index contributed by atoms with van der Waals surface area (Å²) in [7, 11) is 0. The third-order valence-electron chi connectivity index (χ3n) is 3.88. The van der Waals surface area contributed by atoms with Gasteiger partial charge < -0.3 is 10.6 Å². The molecule has 2 N–H and O–H groups in total. The SMILES string of the molecule is CC(=O)NCCCCNC(=O)C(c1ccc(Cl)cc1)C1CC1. The summed E-state index contributed by atoms with van der Waals surface area (Å²) in [6.45, 7) is 2.82. The maximum atomic E-state index is 12.4. The van der Waals surface area contributed by atoms with Crippen LogP contribution in [0.1, 0.15) is 44.1 Å². The second-order valence-electron chi connectivity index (χ2n) is 5.85. The number of hydrogen-bond acceptors (Lipinski definition) is 2. The first-order chi connectivity index (χ1) is 10.6. The fourth-order valence-electron chi connectivity index (χ4n) is 2.57. The van der Waals surface area contributed by atoms with Crippen LogP contribution in [0.15, 0.2) is 24.3 Å². The number of nitrogens with one attached hydrogen (secondary N) is 2. The van der Waals surface area contributed by atoms with Crippen LogP contribution in [-0.2, 0) is 9.59 Å². The summed E-state index contributed by atoms with van der Waals surface area (Å²) in [5.74, 6) is 0.484. The molecule has 1 atom stereocenters. The standard InChI is InChI=1S/C17H23ClN2O2/c1-12(21)19-10-2-3-11-20-17(22)16(13-4-5-13)14-6-8-15(18)9-7-14/h6-9,13,16H,2-5,10-11H2,1H3,(H,19,21)(H,20,22). The van der Waals surface area contributed by atoms with E-state index in [1.54, 1.807) is 0 Å². The Bertz CT molecular complexity index is 512. The van der Waals surface area contributed by atoms with E-state index in [0.29, 0.717) is 24.0 Å². The molecular formula is C17H23ClN2O2. The van der Waals surface area contributed by atoms with Crippen molar-refractivity contribution < 1.29 is 9.59 Å². The van der Waals surface area contributed by atoms with Crippen molar-refractivity contribution in [3.05, 3.63) is 34.9 Å². The van der Waals surface area contributed by atoms with Gasteiger partial charge in [-0.05, 0) is 49.3 Å². The fourth-order valence-corrected chi connectivity index (χ4v) is 2.70. The molecule has 0 aliphatic heterocycles. The maximum Gasteiger partial charge on any atom is 0.227 e. The zero-order chi connectivity index (χ0) is 15.9. The molecule has 1 unspecified atom stereocenters. The fraction of sp³-hybridized carbons (Fsp3) is 0.529. The van der Waals surface area contributed by atoms with Crippen molar-refractivity contribution in [2.24, 2.45) is 5.92 Å². The molecule has 0 saturated heterocycles. The van der Waals surface area contributed by atoms with Crippen molar-refractivity contribution in [2.45, 2.75) is 38.5 Å². The lowest BCUT2D eigenvalue weighted by atomic mass is 9.93. The number of halogens is 1. The predicted octanol–water partition coefficient (Wildman–Crippen LogP) is 2.87. The highest BCUT2D eigenvalue weighted by Crippen LogP contribution is 2.42. The summed E-state index contributed by atoms with van der Waals surface area (Å²) >= 11 is 5.92. The molecule has 5 heteroatoms. The van der Waals surface area contributed by atoms with Crippen LogP contribution in [0.3, 0.4) is 0 Å². The van der Waals surface area contributed by atoms with Gasteiger partial charge in [-0.15, -0.1) is 0 Å². The Morgan fingerprint density at radius 3 is 2.27 bits per heavy atom. The molecule has 0 bridgehead atoms. The van der Waals surface area contributed by atoms with Gasteiger partial charge in [0.1, 0.15) is 0 Å². The van der Waals surface area contributed by atoms with Gasteiger partial charge in [0.05, 0.1) is 5.92 Å². The van der Waals surface area contributed by atoms with Crippen LogP contribution in [0.5, 0.6) is 0 Å². The van der Waals surface area contributed by atoms with E-state index in [1.165, 1.54) is 6.92 Å². The summed E-state index contributed by atoms with van der Waals surface area (Å²) < 4.78 is 0. The lowest BCUT2D eigenvalue weighted by molar-refractivity contribution is -0.123. The average Bonchev–Trinajstić information content (AvgIpc) is 3.29. The van der Waals surface area contributed by atoms with Crippen molar-refractivity contribution in [3.63, 3.8) is 0 Å². The molecule has 0 aromatic heterocycles. The Kier molecular flexibility index (Phi) is 6.25. The van der Waals surface area contributed by atoms with Crippen molar-refractivity contribution in [1.82, 2.24) is 10.6 Å². The summed E-state index contributed by atoms with van der Waals surface area (Å²) in [4.78, 5) is 23.2. The first-order valence-corrected chi connectivity index (χ1v) is 8.23. The molecule has 4 nitrogen and oxygen atoms in total. The highest BCUT2D eigenvalue weighted by Gasteiger charge is 2.36. The molecule has 0 heterocycles. The van der Waals surface area contributed by atoms with E-state index in [0.717, 1.165) is 31.2 Å². The first kappa shape index (κ1) is 16.8. The average molecular weight is 323 g/mol. The van der Waals surface area contributed by atoms with Gasteiger partial charge in [-0.1, -0.05) is 23.7 Å². The van der Waals surface area contributed by atoms with Crippen LogP contribution in [0.2, 0.25) is 5.02 Å². The highest BCUT2D eigenvalue weighted by atomic mass is 35.5. The lowest BCUT2D eigenvalue weighted by Crippen LogP contribution is -2.31. The first-order valence-electron chi connectivity index (χ1n) is 7.85. The third-order valence-corrected chi connectivity index (χ3v) is 4.13. The van der Waals surface area contributed by atoms with Gasteiger partial charge in [-0.3, -0.25) is 9.59 Å². The minimum atomic E-state index is -0.0624. The Balaban J connectivity index is 1.78. The van der Waals surface area contributed by atoms with E-state index in [1.807, 2.05) is 24.3 Å².